The third-order valence-electron chi connectivity index (χ3n) is 5.33. The molecule has 142 valence electrons. The molecule has 3 rings (SSSR count). The van der Waals surface area contributed by atoms with Crippen molar-refractivity contribution in [1.82, 2.24) is 4.90 Å². The molecule has 0 spiro atoms. The van der Waals surface area contributed by atoms with Gasteiger partial charge in [-0.3, -0.25) is 9.59 Å². The zero-order valence-corrected chi connectivity index (χ0v) is 15.9. The highest BCUT2D eigenvalue weighted by atomic mass is 32.2. The molecule has 0 bridgehead atoms. The Labute approximate surface area is 159 Å². The monoisotopic (exact) mass is 386 g/mol. The summed E-state index contributed by atoms with van der Waals surface area (Å²) in [6, 6.07) is 15.3. The SMILES string of the molecule is CC(=O)C1(c2ccccc2)CCN(C(=O)c2ccc(S(N)(=O)=O)cc2)CC1. The second-order valence-corrected chi connectivity index (χ2v) is 8.43. The van der Waals surface area contributed by atoms with Gasteiger partial charge in [0.2, 0.25) is 10.0 Å². The normalized spacial score (nSPS) is 16.7. The Hall–Kier alpha value is -2.51. The molecule has 2 N–H and O–H groups in total. The zero-order valence-electron chi connectivity index (χ0n) is 15.1. The molecule has 1 aliphatic heterocycles. The van der Waals surface area contributed by atoms with Crippen LogP contribution in [0.2, 0.25) is 0 Å². The minimum Gasteiger partial charge on any atom is -0.339 e. The molecule has 6 nitrogen and oxygen atoms in total. The molecule has 0 saturated carbocycles. The number of hydrogen-bond donors (Lipinski definition) is 1. The fourth-order valence-electron chi connectivity index (χ4n) is 3.66. The maximum atomic E-state index is 12.7. The fraction of sp³-hybridized carbons (Fsp3) is 0.300. The van der Waals surface area contributed by atoms with Crippen LogP contribution in [0.25, 0.3) is 0 Å². The molecule has 1 aliphatic rings. The minimum absolute atomic E-state index is 0.0302. The summed E-state index contributed by atoms with van der Waals surface area (Å²) in [6.45, 7) is 2.53. The van der Waals surface area contributed by atoms with Crippen molar-refractivity contribution in [2.24, 2.45) is 5.14 Å². The van der Waals surface area contributed by atoms with E-state index in [1.807, 2.05) is 30.3 Å². The van der Waals surface area contributed by atoms with Crippen molar-refractivity contribution in [2.45, 2.75) is 30.1 Å². The van der Waals surface area contributed by atoms with Crippen LogP contribution < -0.4 is 5.14 Å². The maximum absolute atomic E-state index is 12.7. The Morgan fingerprint density at radius 1 is 0.963 bits per heavy atom. The van der Waals surface area contributed by atoms with E-state index in [4.69, 9.17) is 5.14 Å². The van der Waals surface area contributed by atoms with Gasteiger partial charge < -0.3 is 4.90 Å². The van der Waals surface area contributed by atoms with Gasteiger partial charge >= 0.3 is 0 Å². The van der Waals surface area contributed by atoms with Crippen LogP contribution in [0.4, 0.5) is 0 Å². The molecule has 1 amide bonds. The van der Waals surface area contributed by atoms with Crippen molar-refractivity contribution < 1.29 is 18.0 Å². The summed E-state index contributed by atoms with van der Waals surface area (Å²) in [4.78, 5) is 26.8. The van der Waals surface area contributed by atoms with Crippen molar-refractivity contribution >= 4 is 21.7 Å². The summed E-state index contributed by atoms with van der Waals surface area (Å²) < 4.78 is 22.7. The minimum atomic E-state index is -3.79. The largest absolute Gasteiger partial charge is 0.339 e. The summed E-state index contributed by atoms with van der Waals surface area (Å²) >= 11 is 0. The molecular weight excluding hydrogens is 364 g/mol. The standard InChI is InChI=1S/C20H22N2O4S/c1-15(23)20(17-5-3-2-4-6-17)11-13-22(14-12-20)19(24)16-7-9-18(10-8-16)27(21,25)26/h2-10H,11-14H2,1H3,(H2,21,25,26). The number of piperidine rings is 1. The first kappa shape index (κ1) is 19.3. The number of Topliss-reactive ketones (excluding diaryl/α,β-unsaturated/α-hetero) is 1. The highest BCUT2D eigenvalue weighted by Gasteiger charge is 2.41. The van der Waals surface area contributed by atoms with Gasteiger partial charge in [0.05, 0.1) is 10.3 Å². The van der Waals surface area contributed by atoms with E-state index in [9.17, 15) is 18.0 Å². The predicted octanol–water partition coefficient (Wildman–Crippen LogP) is 2.10. The molecule has 1 heterocycles. The average Bonchev–Trinajstić information content (AvgIpc) is 2.67. The number of likely N-dealkylation sites (tertiary alicyclic amines) is 1. The molecule has 2 aromatic rings. The highest BCUT2D eigenvalue weighted by Crippen LogP contribution is 2.36. The first-order valence-corrected chi connectivity index (χ1v) is 10.3. The van der Waals surface area contributed by atoms with Gasteiger partial charge in [-0.25, -0.2) is 13.6 Å². The van der Waals surface area contributed by atoms with Gasteiger partial charge in [-0.1, -0.05) is 30.3 Å². The van der Waals surface area contributed by atoms with Crippen LogP contribution in [0.15, 0.2) is 59.5 Å². The van der Waals surface area contributed by atoms with Crippen LogP contribution in [-0.2, 0) is 20.2 Å². The molecule has 0 atom stereocenters. The second kappa shape index (κ2) is 7.25. The number of sulfonamides is 1. The zero-order chi connectivity index (χ0) is 19.7. The van der Waals surface area contributed by atoms with E-state index in [1.54, 1.807) is 11.8 Å². The summed E-state index contributed by atoms with van der Waals surface area (Å²) in [6.07, 6.45) is 1.13. The number of rotatable bonds is 4. The molecule has 1 fully saturated rings. The summed E-state index contributed by atoms with van der Waals surface area (Å²) in [5.41, 5.74) is 0.828. The first-order chi connectivity index (χ1) is 12.7. The molecule has 1 saturated heterocycles. The average molecular weight is 386 g/mol. The van der Waals surface area contributed by atoms with Gasteiger partial charge in [0.15, 0.2) is 0 Å². The molecular formula is C20H22N2O4S. The van der Waals surface area contributed by atoms with E-state index < -0.39 is 15.4 Å². The number of nitrogens with two attached hydrogens (primary N) is 1. The highest BCUT2D eigenvalue weighted by molar-refractivity contribution is 7.89. The van der Waals surface area contributed by atoms with E-state index in [-0.39, 0.29) is 16.6 Å². The lowest BCUT2D eigenvalue weighted by molar-refractivity contribution is -0.124. The summed E-state index contributed by atoms with van der Waals surface area (Å²) in [5, 5.41) is 5.08. The van der Waals surface area contributed by atoms with Crippen molar-refractivity contribution in [3.63, 3.8) is 0 Å². The Morgan fingerprint density at radius 3 is 2.00 bits per heavy atom. The Bertz CT molecular complexity index is 945. The van der Waals surface area contributed by atoms with Crippen LogP contribution >= 0.6 is 0 Å². The van der Waals surface area contributed by atoms with Crippen molar-refractivity contribution in [3.05, 3.63) is 65.7 Å². The third-order valence-corrected chi connectivity index (χ3v) is 6.26. The van der Waals surface area contributed by atoms with Crippen LogP contribution in [0.5, 0.6) is 0 Å². The van der Waals surface area contributed by atoms with Gasteiger partial charge in [-0.05, 0) is 49.6 Å². The Balaban J connectivity index is 1.76. The number of benzene rings is 2. The number of ketones is 1. The molecule has 0 unspecified atom stereocenters. The van der Waals surface area contributed by atoms with Crippen molar-refractivity contribution in [3.8, 4) is 0 Å². The smallest absolute Gasteiger partial charge is 0.253 e. The fourth-order valence-corrected chi connectivity index (χ4v) is 4.18. The van der Waals surface area contributed by atoms with Crippen LogP contribution in [0.1, 0.15) is 35.7 Å². The molecule has 0 radical (unpaired) electrons. The van der Waals surface area contributed by atoms with E-state index >= 15 is 0 Å². The van der Waals surface area contributed by atoms with Crippen LogP contribution in [0, 0.1) is 0 Å². The van der Waals surface area contributed by atoms with E-state index in [1.165, 1.54) is 24.3 Å². The quantitative estimate of drug-likeness (QED) is 0.870. The number of hydrogen-bond acceptors (Lipinski definition) is 4. The van der Waals surface area contributed by atoms with Gasteiger partial charge in [0.1, 0.15) is 5.78 Å². The number of primary sulfonamides is 1. The summed E-state index contributed by atoms with van der Waals surface area (Å²) in [5.74, 6) is -0.0699. The molecule has 2 aromatic carbocycles. The van der Waals surface area contributed by atoms with Gasteiger partial charge in [0.25, 0.3) is 5.91 Å². The van der Waals surface area contributed by atoms with Gasteiger partial charge in [0, 0.05) is 18.7 Å². The topological polar surface area (TPSA) is 97.5 Å². The molecule has 27 heavy (non-hydrogen) atoms. The van der Waals surface area contributed by atoms with Crippen LogP contribution in [0.3, 0.4) is 0 Å². The molecule has 7 heteroatoms. The third kappa shape index (κ3) is 3.79. The van der Waals surface area contributed by atoms with E-state index in [0.717, 1.165) is 5.56 Å². The second-order valence-electron chi connectivity index (χ2n) is 6.87. The summed E-state index contributed by atoms with van der Waals surface area (Å²) in [7, 11) is -3.79. The van der Waals surface area contributed by atoms with Crippen molar-refractivity contribution in [1.29, 1.82) is 0 Å². The molecule has 0 aromatic heterocycles. The lowest BCUT2D eigenvalue weighted by atomic mass is 9.70. The number of amides is 1. The molecule has 0 aliphatic carbocycles. The lowest BCUT2D eigenvalue weighted by Crippen LogP contribution is -2.48. The Kier molecular flexibility index (Phi) is 5.17. The lowest BCUT2D eigenvalue weighted by Gasteiger charge is -2.40. The predicted molar refractivity (Wildman–Crippen MR) is 102 cm³/mol. The Morgan fingerprint density at radius 2 is 1.52 bits per heavy atom. The van der Waals surface area contributed by atoms with Gasteiger partial charge in [-0.2, -0.15) is 0 Å². The van der Waals surface area contributed by atoms with Crippen LogP contribution in [-0.4, -0.2) is 38.1 Å². The van der Waals surface area contributed by atoms with Gasteiger partial charge in [-0.15, -0.1) is 0 Å². The number of nitrogens with zero attached hydrogens (tertiary/aromatic N) is 1. The van der Waals surface area contributed by atoms with E-state index in [2.05, 4.69) is 0 Å². The maximum Gasteiger partial charge on any atom is 0.253 e. The van der Waals surface area contributed by atoms with E-state index in [0.29, 0.717) is 31.5 Å². The number of carbonyl (C=O) groups excluding carboxylic acids is 2. The van der Waals surface area contributed by atoms with Crippen molar-refractivity contribution in [2.75, 3.05) is 13.1 Å². The first-order valence-electron chi connectivity index (χ1n) is 8.73. The number of carbonyl (C=O) groups is 2.